The van der Waals surface area contributed by atoms with Gasteiger partial charge in [-0.2, -0.15) is 0 Å². The first-order valence-corrected chi connectivity index (χ1v) is 8.56. The maximum atomic E-state index is 6.49. The minimum Gasteiger partial charge on any atom is -0.310 e. The lowest BCUT2D eigenvalue weighted by Crippen LogP contribution is -2.22. The van der Waals surface area contributed by atoms with Gasteiger partial charge in [-0.05, 0) is 37.4 Å². The number of nitrogens with one attached hydrogen (secondary N) is 1. The van der Waals surface area contributed by atoms with Crippen LogP contribution in [0.1, 0.15) is 76.0 Å². The van der Waals surface area contributed by atoms with E-state index < -0.39 is 0 Å². The summed E-state index contributed by atoms with van der Waals surface area (Å²) in [6, 6.07) is 6.79. The van der Waals surface area contributed by atoms with E-state index in [0.717, 1.165) is 18.0 Å². The van der Waals surface area contributed by atoms with Crippen molar-refractivity contribution in [3.8, 4) is 0 Å². The normalized spacial score (nSPS) is 12.6. The topological polar surface area (TPSA) is 12.0 Å². The zero-order valence-electron chi connectivity index (χ0n) is 13.3. The van der Waals surface area contributed by atoms with Gasteiger partial charge in [0.2, 0.25) is 0 Å². The molecule has 0 saturated heterocycles. The average Bonchev–Trinajstić information content (AvgIpc) is 2.45. The van der Waals surface area contributed by atoms with E-state index in [2.05, 4.69) is 44.3 Å². The predicted octanol–water partition coefficient (Wildman–Crippen LogP) is 6.05. The van der Waals surface area contributed by atoms with Crippen molar-refractivity contribution in [3.05, 3.63) is 34.3 Å². The summed E-state index contributed by atoms with van der Waals surface area (Å²) in [6.45, 7) is 7.62. The first kappa shape index (κ1) is 17.5. The molecule has 0 saturated carbocycles. The molecule has 114 valence electrons. The quantitative estimate of drug-likeness (QED) is 0.518. The van der Waals surface area contributed by atoms with Crippen LogP contribution in [0.4, 0.5) is 0 Å². The van der Waals surface area contributed by atoms with Gasteiger partial charge in [0.25, 0.3) is 0 Å². The molecule has 1 atom stereocenters. The van der Waals surface area contributed by atoms with Crippen molar-refractivity contribution in [1.29, 1.82) is 0 Å². The minimum atomic E-state index is 0.406. The smallest absolute Gasteiger partial charge is 0.0482 e. The highest BCUT2D eigenvalue weighted by molar-refractivity contribution is 6.32. The van der Waals surface area contributed by atoms with E-state index in [1.165, 1.54) is 49.7 Å². The molecule has 0 amide bonds. The molecule has 1 nitrogen and oxygen atoms in total. The summed E-state index contributed by atoms with van der Waals surface area (Å²) >= 11 is 6.49. The zero-order valence-corrected chi connectivity index (χ0v) is 14.1. The van der Waals surface area contributed by atoms with E-state index >= 15 is 0 Å². The molecule has 0 aromatic heterocycles. The average molecular weight is 296 g/mol. The van der Waals surface area contributed by atoms with Gasteiger partial charge in [-0.3, -0.25) is 0 Å². The summed E-state index contributed by atoms with van der Waals surface area (Å²) in [4.78, 5) is 0. The van der Waals surface area contributed by atoms with Crippen molar-refractivity contribution in [1.82, 2.24) is 5.32 Å². The molecule has 1 N–H and O–H groups in total. The van der Waals surface area contributed by atoms with E-state index in [-0.39, 0.29) is 0 Å². The monoisotopic (exact) mass is 295 g/mol. The van der Waals surface area contributed by atoms with Crippen LogP contribution in [0, 0.1) is 6.92 Å². The van der Waals surface area contributed by atoms with Gasteiger partial charge in [-0.1, -0.05) is 75.8 Å². The van der Waals surface area contributed by atoms with E-state index in [9.17, 15) is 0 Å². The predicted molar refractivity (Wildman–Crippen MR) is 90.6 cm³/mol. The highest BCUT2D eigenvalue weighted by Gasteiger charge is 2.14. The summed E-state index contributed by atoms with van der Waals surface area (Å²) < 4.78 is 0. The molecule has 1 unspecified atom stereocenters. The second-order valence-corrected chi connectivity index (χ2v) is 6.07. The van der Waals surface area contributed by atoms with Gasteiger partial charge in [0.05, 0.1) is 0 Å². The summed E-state index contributed by atoms with van der Waals surface area (Å²) in [7, 11) is 0. The summed E-state index contributed by atoms with van der Waals surface area (Å²) in [5, 5.41) is 4.60. The van der Waals surface area contributed by atoms with Crippen LogP contribution in [-0.4, -0.2) is 6.54 Å². The largest absolute Gasteiger partial charge is 0.310 e. The molecule has 1 aromatic carbocycles. The van der Waals surface area contributed by atoms with E-state index in [0.29, 0.717) is 6.04 Å². The number of rotatable bonds is 10. The van der Waals surface area contributed by atoms with Gasteiger partial charge in [0.15, 0.2) is 0 Å². The Hall–Kier alpha value is -0.530. The van der Waals surface area contributed by atoms with Crippen molar-refractivity contribution in [3.63, 3.8) is 0 Å². The van der Waals surface area contributed by atoms with Gasteiger partial charge < -0.3 is 5.32 Å². The van der Waals surface area contributed by atoms with Crippen molar-refractivity contribution in [2.45, 2.75) is 71.8 Å². The van der Waals surface area contributed by atoms with Crippen molar-refractivity contribution >= 4 is 11.6 Å². The van der Waals surface area contributed by atoms with Gasteiger partial charge in [-0.25, -0.2) is 0 Å². The zero-order chi connectivity index (χ0) is 14.8. The second-order valence-electron chi connectivity index (χ2n) is 5.69. The van der Waals surface area contributed by atoms with Crippen LogP contribution in [0.2, 0.25) is 5.02 Å². The van der Waals surface area contributed by atoms with Crippen LogP contribution >= 0.6 is 11.6 Å². The number of hydrogen-bond donors (Lipinski definition) is 1. The molecule has 0 spiro atoms. The maximum Gasteiger partial charge on any atom is 0.0482 e. The molecule has 1 aromatic rings. The fraction of sp³-hybridized carbons (Fsp3) is 0.667. The summed E-state index contributed by atoms with van der Waals surface area (Å²) in [6.07, 6.45) is 8.99. The third-order valence-corrected chi connectivity index (χ3v) is 4.35. The third kappa shape index (κ3) is 5.85. The van der Waals surface area contributed by atoms with Crippen LogP contribution in [0.3, 0.4) is 0 Å². The molecule has 0 heterocycles. The first-order valence-electron chi connectivity index (χ1n) is 8.19. The molecule has 1 rings (SSSR count). The Morgan fingerprint density at radius 1 is 1.05 bits per heavy atom. The standard InChI is InChI=1S/C18H30ClN/c1-4-6-7-8-9-13-17(20-14-5-2)16-12-10-11-15(3)18(16)19/h10-12,17,20H,4-9,13-14H2,1-3H3. The van der Waals surface area contributed by atoms with Crippen LogP contribution in [0.25, 0.3) is 0 Å². The Labute approximate surface area is 130 Å². The lowest BCUT2D eigenvalue weighted by atomic mass is 9.98. The highest BCUT2D eigenvalue weighted by Crippen LogP contribution is 2.29. The van der Waals surface area contributed by atoms with E-state index in [1.807, 2.05) is 0 Å². The molecule has 20 heavy (non-hydrogen) atoms. The van der Waals surface area contributed by atoms with Gasteiger partial charge in [0, 0.05) is 11.1 Å². The fourth-order valence-corrected chi connectivity index (χ4v) is 2.84. The number of aryl methyl sites for hydroxylation is 1. The minimum absolute atomic E-state index is 0.406. The Bertz CT molecular complexity index is 376. The third-order valence-electron chi connectivity index (χ3n) is 3.83. The summed E-state index contributed by atoms with van der Waals surface area (Å²) in [5.41, 5.74) is 2.45. The lowest BCUT2D eigenvalue weighted by molar-refractivity contribution is 0.468. The first-order chi connectivity index (χ1) is 9.70. The molecular formula is C18H30ClN. The number of hydrogen-bond acceptors (Lipinski definition) is 1. The molecule has 0 aliphatic carbocycles. The van der Waals surface area contributed by atoms with Gasteiger partial charge in [-0.15, -0.1) is 0 Å². The molecular weight excluding hydrogens is 266 g/mol. The highest BCUT2D eigenvalue weighted by atomic mass is 35.5. The molecule has 0 fully saturated rings. The number of benzene rings is 1. The summed E-state index contributed by atoms with van der Waals surface area (Å²) in [5.74, 6) is 0. The van der Waals surface area contributed by atoms with Gasteiger partial charge in [0.1, 0.15) is 0 Å². The lowest BCUT2D eigenvalue weighted by Gasteiger charge is -2.21. The molecule has 0 radical (unpaired) electrons. The molecule has 0 aliphatic rings. The van der Waals surface area contributed by atoms with Crippen LogP contribution < -0.4 is 5.32 Å². The second kappa shape index (κ2) is 10.2. The molecule has 0 bridgehead atoms. The van der Waals surface area contributed by atoms with Gasteiger partial charge >= 0.3 is 0 Å². The number of unbranched alkanes of at least 4 members (excludes halogenated alkanes) is 4. The Morgan fingerprint density at radius 3 is 2.50 bits per heavy atom. The Morgan fingerprint density at radius 2 is 1.80 bits per heavy atom. The van der Waals surface area contributed by atoms with Crippen molar-refractivity contribution in [2.75, 3.05) is 6.54 Å². The van der Waals surface area contributed by atoms with Crippen LogP contribution in [0.5, 0.6) is 0 Å². The van der Waals surface area contributed by atoms with E-state index in [1.54, 1.807) is 0 Å². The SMILES string of the molecule is CCCCCCCC(NCCC)c1cccc(C)c1Cl. The number of halogens is 1. The fourth-order valence-electron chi connectivity index (χ4n) is 2.58. The molecule has 2 heteroatoms. The van der Waals surface area contributed by atoms with Crippen molar-refractivity contribution in [2.24, 2.45) is 0 Å². The van der Waals surface area contributed by atoms with Crippen molar-refractivity contribution < 1.29 is 0 Å². The maximum absolute atomic E-state index is 6.49. The molecule has 0 aliphatic heterocycles. The van der Waals surface area contributed by atoms with E-state index in [4.69, 9.17) is 11.6 Å². The Kier molecular flexibility index (Phi) is 8.97. The van der Waals surface area contributed by atoms with Crippen LogP contribution in [0.15, 0.2) is 18.2 Å². The van der Waals surface area contributed by atoms with Crippen LogP contribution in [-0.2, 0) is 0 Å². The Balaban J connectivity index is 2.61.